The number of carboxylic acid groups (broad SMARTS) is 1. The Hall–Kier alpha value is -3.29. The van der Waals surface area contributed by atoms with E-state index in [0.29, 0.717) is 37.7 Å². The van der Waals surface area contributed by atoms with Crippen LogP contribution in [0.2, 0.25) is 0 Å². The molecule has 0 atom stereocenters. The molecule has 0 aliphatic rings. The van der Waals surface area contributed by atoms with Crippen molar-refractivity contribution in [2.45, 2.75) is 26.3 Å². The second-order valence-electron chi connectivity index (χ2n) is 5.62. The minimum absolute atomic E-state index is 0.0247. The van der Waals surface area contributed by atoms with Crippen LogP contribution in [0.5, 0.6) is 17.4 Å². The molecule has 0 saturated carbocycles. The van der Waals surface area contributed by atoms with E-state index in [-0.39, 0.29) is 12.5 Å². The summed E-state index contributed by atoms with van der Waals surface area (Å²) in [6.07, 6.45) is 2.01. The number of nitrogens with zero attached hydrogens (tertiary/aromatic N) is 1. The van der Waals surface area contributed by atoms with Gasteiger partial charge >= 0.3 is 12.0 Å². The Morgan fingerprint density at radius 3 is 2.56 bits per heavy atom. The SMILES string of the molecule is CCOc1ccc(Oc2cc(CNC(=O)NCCCC(=O)O)ccn2)cc1. The second-order valence-corrected chi connectivity index (χ2v) is 5.62. The molecule has 0 spiro atoms. The van der Waals surface area contributed by atoms with E-state index in [1.807, 2.05) is 19.1 Å². The predicted molar refractivity (Wildman–Crippen MR) is 99.0 cm³/mol. The molecule has 1 heterocycles. The summed E-state index contributed by atoms with van der Waals surface area (Å²) in [7, 11) is 0. The zero-order chi connectivity index (χ0) is 19.5. The molecule has 1 aromatic carbocycles. The standard InChI is InChI=1S/C19H23N3O5/c1-2-26-15-5-7-16(8-6-15)27-17-12-14(9-11-20-17)13-22-19(25)21-10-3-4-18(23)24/h5-9,11-12H,2-4,10,13H2,1H3,(H,23,24)(H2,21,22,25). The number of hydrogen-bond donors (Lipinski definition) is 3. The number of benzene rings is 1. The first-order chi connectivity index (χ1) is 13.1. The lowest BCUT2D eigenvalue weighted by Gasteiger charge is -2.09. The minimum Gasteiger partial charge on any atom is -0.494 e. The van der Waals surface area contributed by atoms with Gasteiger partial charge in [-0.25, -0.2) is 9.78 Å². The van der Waals surface area contributed by atoms with Crippen molar-refractivity contribution in [3.8, 4) is 17.4 Å². The summed E-state index contributed by atoms with van der Waals surface area (Å²) in [5.41, 5.74) is 0.826. The first-order valence-electron chi connectivity index (χ1n) is 8.66. The summed E-state index contributed by atoms with van der Waals surface area (Å²) in [6.45, 7) is 3.13. The van der Waals surface area contributed by atoms with Crippen molar-refractivity contribution in [3.05, 3.63) is 48.2 Å². The molecule has 0 radical (unpaired) electrons. The highest BCUT2D eigenvalue weighted by atomic mass is 16.5. The van der Waals surface area contributed by atoms with Crippen LogP contribution in [0.25, 0.3) is 0 Å². The molecule has 2 amide bonds. The molecule has 8 nitrogen and oxygen atoms in total. The smallest absolute Gasteiger partial charge is 0.315 e. The fourth-order valence-corrected chi connectivity index (χ4v) is 2.19. The molecule has 0 fully saturated rings. The molecule has 3 N–H and O–H groups in total. The highest BCUT2D eigenvalue weighted by molar-refractivity contribution is 5.73. The van der Waals surface area contributed by atoms with E-state index in [0.717, 1.165) is 11.3 Å². The van der Waals surface area contributed by atoms with E-state index in [1.165, 1.54) is 0 Å². The number of aromatic nitrogens is 1. The van der Waals surface area contributed by atoms with Crippen LogP contribution in [-0.4, -0.2) is 35.2 Å². The molecular formula is C19H23N3O5. The largest absolute Gasteiger partial charge is 0.494 e. The van der Waals surface area contributed by atoms with Crippen molar-refractivity contribution < 1.29 is 24.2 Å². The molecule has 8 heteroatoms. The van der Waals surface area contributed by atoms with Crippen molar-refractivity contribution in [2.24, 2.45) is 0 Å². The van der Waals surface area contributed by atoms with Crippen molar-refractivity contribution in [3.63, 3.8) is 0 Å². The van der Waals surface area contributed by atoms with Gasteiger partial charge in [0.1, 0.15) is 11.5 Å². The number of carbonyl (C=O) groups excluding carboxylic acids is 1. The van der Waals surface area contributed by atoms with Gasteiger partial charge in [0.25, 0.3) is 0 Å². The molecule has 0 bridgehead atoms. The highest BCUT2D eigenvalue weighted by Gasteiger charge is 2.04. The number of amides is 2. The molecule has 0 aliphatic carbocycles. The van der Waals surface area contributed by atoms with E-state index in [1.54, 1.807) is 30.5 Å². The zero-order valence-corrected chi connectivity index (χ0v) is 15.1. The Labute approximate surface area is 157 Å². The number of hydrogen-bond acceptors (Lipinski definition) is 5. The number of aliphatic carboxylic acids is 1. The number of urea groups is 1. The summed E-state index contributed by atoms with van der Waals surface area (Å²) in [6, 6.07) is 10.4. The Balaban J connectivity index is 1.80. The van der Waals surface area contributed by atoms with Crippen LogP contribution in [-0.2, 0) is 11.3 Å². The Bertz CT molecular complexity index is 749. The normalized spacial score (nSPS) is 10.1. The van der Waals surface area contributed by atoms with Crippen LogP contribution in [0.3, 0.4) is 0 Å². The molecule has 144 valence electrons. The topological polar surface area (TPSA) is 110 Å². The lowest BCUT2D eigenvalue weighted by atomic mass is 10.2. The fourth-order valence-electron chi connectivity index (χ4n) is 2.19. The third-order valence-corrected chi connectivity index (χ3v) is 3.46. The number of pyridine rings is 1. The predicted octanol–water partition coefficient (Wildman–Crippen LogP) is 2.94. The van der Waals surface area contributed by atoms with Crippen LogP contribution < -0.4 is 20.1 Å². The van der Waals surface area contributed by atoms with Gasteiger partial charge in [-0.2, -0.15) is 0 Å². The van der Waals surface area contributed by atoms with E-state index in [2.05, 4.69) is 15.6 Å². The Kier molecular flexibility index (Phi) is 7.90. The van der Waals surface area contributed by atoms with Gasteiger partial charge in [-0.05, 0) is 49.2 Å². The summed E-state index contributed by atoms with van der Waals surface area (Å²) in [5.74, 6) is 0.937. The number of ether oxygens (including phenoxy) is 2. The van der Waals surface area contributed by atoms with Gasteiger partial charge in [-0.3, -0.25) is 4.79 Å². The van der Waals surface area contributed by atoms with Crippen LogP contribution >= 0.6 is 0 Å². The van der Waals surface area contributed by atoms with Crippen molar-refractivity contribution >= 4 is 12.0 Å². The van der Waals surface area contributed by atoms with Crippen LogP contribution in [0.4, 0.5) is 4.79 Å². The van der Waals surface area contributed by atoms with Gasteiger partial charge in [0.2, 0.25) is 5.88 Å². The summed E-state index contributed by atoms with van der Waals surface area (Å²) in [5, 5.41) is 13.9. The fraction of sp³-hybridized carbons (Fsp3) is 0.316. The van der Waals surface area contributed by atoms with Crippen LogP contribution in [0, 0.1) is 0 Å². The van der Waals surface area contributed by atoms with Gasteiger partial charge in [-0.1, -0.05) is 0 Å². The summed E-state index contributed by atoms with van der Waals surface area (Å²) < 4.78 is 11.1. The zero-order valence-electron chi connectivity index (χ0n) is 15.1. The molecule has 0 aliphatic heterocycles. The van der Waals surface area contributed by atoms with Crippen molar-refractivity contribution in [2.75, 3.05) is 13.2 Å². The molecular weight excluding hydrogens is 350 g/mol. The van der Waals surface area contributed by atoms with Gasteiger partial charge < -0.3 is 25.2 Å². The van der Waals surface area contributed by atoms with E-state index in [9.17, 15) is 9.59 Å². The van der Waals surface area contributed by atoms with E-state index >= 15 is 0 Å². The molecule has 0 saturated heterocycles. The Morgan fingerprint density at radius 2 is 1.85 bits per heavy atom. The molecule has 2 aromatic rings. The molecule has 2 rings (SSSR count). The highest BCUT2D eigenvalue weighted by Crippen LogP contribution is 2.23. The van der Waals surface area contributed by atoms with Crippen LogP contribution in [0.1, 0.15) is 25.3 Å². The quantitative estimate of drug-likeness (QED) is 0.553. The maximum atomic E-state index is 11.7. The molecule has 27 heavy (non-hydrogen) atoms. The van der Waals surface area contributed by atoms with Gasteiger partial charge in [0.15, 0.2) is 0 Å². The third kappa shape index (κ3) is 7.64. The number of carbonyl (C=O) groups is 2. The molecule has 1 aromatic heterocycles. The maximum Gasteiger partial charge on any atom is 0.315 e. The summed E-state index contributed by atoms with van der Waals surface area (Å²) >= 11 is 0. The van der Waals surface area contributed by atoms with Crippen LogP contribution in [0.15, 0.2) is 42.6 Å². The van der Waals surface area contributed by atoms with E-state index < -0.39 is 5.97 Å². The second kappa shape index (κ2) is 10.6. The third-order valence-electron chi connectivity index (χ3n) is 3.46. The number of rotatable bonds is 10. The van der Waals surface area contributed by atoms with E-state index in [4.69, 9.17) is 14.6 Å². The average Bonchev–Trinajstić information content (AvgIpc) is 2.66. The summed E-state index contributed by atoms with van der Waals surface area (Å²) in [4.78, 5) is 26.3. The minimum atomic E-state index is -0.881. The van der Waals surface area contributed by atoms with Gasteiger partial charge in [-0.15, -0.1) is 0 Å². The molecule has 0 unspecified atom stereocenters. The first-order valence-corrected chi connectivity index (χ1v) is 8.66. The Morgan fingerprint density at radius 1 is 1.11 bits per heavy atom. The van der Waals surface area contributed by atoms with Crippen molar-refractivity contribution in [1.82, 2.24) is 15.6 Å². The van der Waals surface area contributed by atoms with Gasteiger partial charge in [0, 0.05) is 31.8 Å². The van der Waals surface area contributed by atoms with Crippen molar-refractivity contribution in [1.29, 1.82) is 0 Å². The number of nitrogens with one attached hydrogen (secondary N) is 2. The monoisotopic (exact) mass is 373 g/mol. The number of carboxylic acids is 1. The lowest BCUT2D eigenvalue weighted by molar-refractivity contribution is -0.137. The maximum absolute atomic E-state index is 11.7. The first kappa shape index (κ1) is 20.0. The lowest BCUT2D eigenvalue weighted by Crippen LogP contribution is -2.35. The average molecular weight is 373 g/mol. The van der Waals surface area contributed by atoms with Gasteiger partial charge in [0.05, 0.1) is 6.61 Å².